The third-order valence-corrected chi connectivity index (χ3v) is 3.96. The van der Waals surface area contributed by atoms with Crippen LogP contribution in [0.4, 0.5) is 5.69 Å². The number of aromatic nitrogens is 3. The van der Waals surface area contributed by atoms with Gasteiger partial charge in [-0.1, -0.05) is 0 Å². The van der Waals surface area contributed by atoms with Gasteiger partial charge in [0.15, 0.2) is 5.82 Å². The van der Waals surface area contributed by atoms with Crippen LogP contribution in [0.5, 0.6) is 0 Å². The molecule has 1 saturated heterocycles. The predicted octanol–water partition coefficient (Wildman–Crippen LogP) is 2.18. The summed E-state index contributed by atoms with van der Waals surface area (Å²) >= 11 is 2.00. The first-order chi connectivity index (χ1) is 8.43. The predicted molar refractivity (Wildman–Crippen MR) is 70.7 cm³/mol. The topological polar surface area (TPSA) is 42.7 Å². The molecule has 1 aliphatic heterocycles. The van der Waals surface area contributed by atoms with Gasteiger partial charge in [0.25, 0.3) is 0 Å². The Morgan fingerprint density at radius 1 is 1.35 bits per heavy atom. The summed E-state index contributed by atoms with van der Waals surface area (Å²) in [6.07, 6.45) is 6.70. The molecule has 1 unspecified atom stereocenters. The molecule has 2 aromatic rings. The van der Waals surface area contributed by atoms with Gasteiger partial charge in [-0.05, 0) is 30.4 Å². The molecule has 88 valence electrons. The fourth-order valence-electron chi connectivity index (χ4n) is 1.95. The molecule has 1 fully saturated rings. The summed E-state index contributed by atoms with van der Waals surface area (Å²) < 4.78 is 1.80. The lowest BCUT2D eigenvalue weighted by molar-refractivity contribution is 0.797. The van der Waals surface area contributed by atoms with Crippen molar-refractivity contribution >= 4 is 17.4 Å². The average Bonchev–Trinajstić information content (AvgIpc) is 3.01. The highest BCUT2D eigenvalue weighted by Crippen LogP contribution is 2.23. The van der Waals surface area contributed by atoms with Gasteiger partial charge in [-0.2, -0.15) is 16.9 Å². The third kappa shape index (κ3) is 2.29. The summed E-state index contributed by atoms with van der Waals surface area (Å²) in [6, 6.07) is 6.48. The van der Waals surface area contributed by atoms with Crippen LogP contribution in [0.2, 0.25) is 0 Å². The van der Waals surface area contributed by atoms with E-state index in [1.54, 1.807) is 17.1 Å². The Labute approximate surface area is 104 Å². The van der Waals surface area contributed by atoms with Crippen LogP contribution < -0.4 is 5.32 Å². The highest BCUT2D eigenvalue weighted by atomic mass is 32.2. The average molecular weight is 246 g/mol. The van der Waals surface area contributed by atoms with Crippen LogP contribution >= 0.6 is 11.8 Å². The van der Waals surface area contributed by atoms with Crippen LogP contribution in [0.15, 0.2) is 36.8 Å². The second kappa shape index (κ2) is 4.79. The van der Waals surface area contributed by atoms with E-state index < -0.39 is 0 Å². The summed E-state index contributed by atoms with van der Waals surface area (Å²) in [6.45, 7) is 0. The van der Waals surface area contributed by atoms with Crippen LogP contribution in [0.25, 0.3) is 5.82 Å². The molecule has 0 bridgehead atoms. The van der Waals surface area contributed by atoms with E-state index in [0.29, 0.717) is 6.04 Å². The van der Waals surface area contributed by atoms with Crippen molar-refractivity contribution in [3.63, 3.8) is 0 Å². The molecule has 0 amide bonds. The van der Waals surface area contributed by atoms with Gasteiger partial charge in [0.05, 0.1) is 5.69 Å². The van der Waals surface area contributed by atoms with Crippen LogP contribution in [-0.2, 0) is 0 Å². The number of hydrogen-bond acceptors (Lipinski definition) is 4. The summed E-state index contributed by atoms with van der Waals surface area (Å²) in [4.78, 5) is 4.39. The SMILES string of the molecule is c1cnc(-n2cccn2)c(NC2CCSC2)c1. The summed E-state index contributed by atoms with van der Waals surface area (Å²) in [7, 11) is 0. The number of nitrogens with zero attached hydrogens (tertiary/aromatic N) is 3. The van der Waals surface area contributed by atoms with E-state index in [1.165, 1.54) is 17.9 Å². The number of nitrogens with one attached hydrogen (secondary N) is 1. The van der Waals surface area contributed by atoms with Crippen molar-refractivity contribution in [2.75, 3.05) is 16.8 Å². The summed E-state index contributed by atoms with van der Waals surface area (Å²) in [5.74, 6) is 3.29. The Morgan fingerprint density at radius 3 is 3.12 bits per heavy atom. The quantitative estimate of drug-likeness (QED) is 0.901. The number of thioether (sulfide) groups is 1. The van der Waals surface area contributed by atoms with E-state index in [1.807, 2.05) is 30.1 Å². The maximum atomic E-state index is 4.39. The van der Waals surface area contributed by atoms with E-state index in [9.17, 15) is 0 Å². The van der Waals surface area contributed by atoms with E-state index in [0.717, 1.165) is 11.5 Å². The molecular weight excluding hydrogens is 232 g/mol. The van der Waals surface area contributed by atoms with Gasteiger partial charge in [-0.25, -0.2) is 9.67 Å². The number of hydrogen-bond donors (Lipinski definition) is 1. The van der Waals surface area contributed by atoms with Gasteiger partial charge in [0.1, 0.15) is 0 Å². The zero-order chi connectivity index (χ0) is 11.5. The molecule has 17 heavy (non-hydrogen) atoms. The minimum Gasteiger partial charge on any atom is -0.378 e. The monoisotopic (exact) mass is 246 g/mol. The molecule has 3 heterocycles. The molecule has 0 aromatic carbocycles. The normalized spacial score (nSPS) is 19.4. The van der Waals surface area contributed by atoms with Crippen molar-refractivity contribution in [1.29, 1.82) is 0 Å². The first kappa shape index (κ1) is 10.7. The van der Waals surface area contributed by atoms with Crippen LogP contribution in [0.3, 0.4) is 0 Å². The van der Waals surface area contributed by atoms with Crippen LogP contribution in [-0.4, -0.2) is 32.3 Å². The highest BCUT2D eigenvalue weighted by Gasteiger charge is 2.17. The smallest absolute Gasteiger partial charge is 0.176 e. The zero-order valence-electron chi connectivity index (χ0n) is 9.41. The van der Waals surface area contributed by atoms with Crippen molar-refractivity contribution in [3.05, 3.63) is 36.8 Å². The Bertz CT molecular complexity index is 477. The summed E-state index contributed by atoms with van der Waals surface area (Å²) in [5.41, 5.74) is 1.06. The zero-order valence-corrected chi connectivity index (χ0v) is 10.2. The fourth-order valence-corrected chi connectivity index (χ4v) is 3.11. The van der Waals surface area contributed by atoms with Crippen molar-refractivity contribution < 1.29 is 0 Å². The number of pyridine rings is 1. The Hall–Kier alpha value is -1.49. The standard InChI is InChI=1S/C12H14N4S/c1-3-11(15-10-4-8-17-9-10)12(13-5-1)16-7-2-6-14-16/h1-3,5-7,10,15H,4,8-9H2. The molecule has 0 aliphatic carbocycles. The lowest BCUT2D eigenvalue weighted by Gasteiger charge is -2.15. The van der Waals surface area contributed by atoms with Gasteiger partial charge in [0, 0.05) is 30.4 Å². The molecule has 1 atom stereocenters. The Balaban J connectivity index is 1.88. The number of anilines is 1. The van der Waals surface area contributed by atoms with Gasteiger partial charge in [0.2, 0.25) is 0 Å². The maximum absolute atomic E-state index is 4.39. The number of rotatable bonds is 3. The van der Waals surface area contributed by atoms with E-state index in [-0.39, 0.29) is 0 Å². The molecule has 0 saturated carbocycles. The molecule has 2 aromatic heterocycles. The van der Waals surface area contributed by atoms with Crippen molar-refractivity contribution in [1.82, 2.24) is 14.8 Å². The molecule has 4 nitrogen and oxygen atoms in total. The van der Waals surface area contributed by atoms with E-state index in [2.05, 4.69) is 21.5 Å². The lowest BCUT2D eigenvalue weighted by atomic mass is 10.2. The van der Waals surface area contributed by atoms with Gasteiger partial charge in [-0.15, -0.1) is 0 Å². The van der Waals surface area contributed by atoms with Crippen LogP contribution in [0, 0.1) is 0 Å². The maximum Gasteiger partial charge on any atom is 0.176 e. The first-order valence-electron chi connectivity index (χ1n) is 5.73. The van der Waals surface area contributed by atoms with E-state index in [4.69, 9.17) is 0 Å². The Morgan fingerprint density at radius 2 is 2.35 bits per heavy atom. The highest BCUT2D eigenvalue weighted by molar-refractivity contribution is 7.99. The third-order valence-electron chi connectivity index (χ3n) is 2.80. The van der Waals surface area contributed by atoms with Crippen LogP contribution in [0.1, 0.15) is 6.42 Å². The lowest BCUT2D eigenvalue weighted by Crippen LogP contribution is -2.19. The fraction of sp³-hybridized carbons (Fsp3) is 0.333. The molecule has 1 N–H and O–H groups in total. The largest absolute Gasteiger partial charge is 0.378 e. The first-order valence-corrected chi connectivity index (χ1v) is 6.88. The second-order valence-electron chi connectivity index (χ2n) is 4.03. The van der Waals surface area contributed by atoms with Gasteiger partial charge >= 0.3 is 0 Å². The Kier molecular flexibility index (Phi) is 3.00. The minimum absolute atomic E-state index is 0.554. The molecule has 5 heteroatoms. The molecular formula is C12H14N4S. The van der Waals surface area contributed by atoms with Gasteiger partial charge in [-0.3, -0.25) is 0 Å². The van der Waals surface area contributed by atoms with Crippen molar-refractivity contribution in [2.45, 2.75) is 12.5 Å². The molecule has 3 rings (SSSR count). The van der Waals surface area contributed by atoms with Crippen molar-refractivity contribution in [2.24, 2.45) is 0 Å². The van der Waals surface area contributed by atoms with E-state index >= 15 is 0 Å². The van der Waals surface area contributed by atoms with Crippen molar-refractivity contribution in [3.8, 4) is 5.82 Å². The van der Waals surface area contributed by atoms with Gasteiger partial charge < -0.3 is 5.32 Å². The molecule has 0 radical (unpaired) electrons. The molecule has 1 aliphatic rings. The summed E-state index contributed by atoms with van der Waals surface area (Å²) in [5, 5.41) is 7.78. The second-order valence-corrected chi connectivity index (χ2v) is 5.18. The molecule has 0 spiro atoms. The minimum atomic E-state index is 0.554.